The van der Waals surface area contributed by atoms with E-state index in [1.165, 1.54) is 11.1 Å². The minimum Gasteiger partial charge on any atom is -0.441 e. The molecule has 0 amide bonds. The number of oxazole rings is 1. The van der Waals surface area contributed by atoms with E-state index in [-0.39, 0.29) is 0 Å². The van der Waals surface area contributed by atoms with Crippen molar-refractivity contribution < 1.29 is 4.42 Å². The van der Waals surface area contributed by atoms with Crippen molar-refractivity contribution in [2.24, 2.45) is 5.73 Å². The van der Waals surface area contributed by atoms with Crippen LogP contribution in [0.15, 0.2) is 28.8 Å². The molecule has 0 aliphatic heterocycles. The third-order valence-electron chi connectivity index (χ3n) is 2.70. The monoisotopic (exact) mass is 216 g/mol. The van der Waals surface area contributed by atoms with E-state index in [2.05, 4.69) is 31.0 Å². The fraction of sp³-hybridized carbons (Fsp3) is 0.308. The van der Waals surface area contributed by atoms with E-state index in [4.69, 9.17) is 10.2 Å². The molecule has 2 aromatic rings. The molecular formula is C13H16N2O. The topological polar surface area (TPSA) is 52.0 Å². The summed E-state index contributed by atoms with van der Waals surface area (Å²) in [6.07, 6.45) is 2.48. The molecule has 0 fully saturated rings. The van der Waals surface area contributed by atoms with Crippen molar-refractivity contribution in [3.8, 4) is 11.5 Å². The predicted molar refractivity (Wildman–Crippen MR) is 64.2 cm³/mol. The highest BCUT2D eigenvalue weighted by atomic mass is 16.4. The fourth-order valence-corrected chi connectivity index (χ4v) is 1.57. The van der Waals surface area contributed by atoms with Crippen LogP contribution in [-0.2, 0) is 6.42 Å². The summed E-state index contributed by atoms with van der Waals surface area (Å²) in [5.74, 6) is 1.52. The van der Waals surface area contributed by atoms with Crippen LogP contribution in [0.1, 0.15) is 16.9 Å². The Morgan fingerprint density at radius 2 is 2.06 bits per heavy atom. The molecular weight excluding hydrogens is 200 g/mol. The number of aryl methyl sites for hydroxylation is 2. The summed E-state index contributed by atoms with van der Waals surface area (Å²) < 4.78 is 5.61. The van der Waals surface area contributed by atoms with Crippen molar-refractivity contribution in [2.45, 2.75) is 20.3 Å². The standard InChI is InChI=1S/C13H16N2O/c1-9-3-4-11(7-10(9)2)13-15-8-12(16-13)5-6-14/h3-4,7-8H,5-6,14H2,1-2H3. The molecule has 16 heavy (non-hydrogen) atoms. The van der Waals surface area contributed by atoms with Gasteiger partial charge in [-0.1, -0.05) is 6.07 Å². The Morgan fingerprint density at radius 3 is 2.75 bits per heavy atom. The maximum atomic E-state index is 5.61. The van der Waals surface area contributed by atoms with Gasteiger partial charge < -0.3 is 10.2 Å². The van der Waals surface area contributed by atoms with Gasteiger partial charge in [0.1, 0.15) is 5.76 Å². The van der Waals surface area contributed by atoms with Crippen LogP contribution in [-0.4, -0.2) is 11.5 Å². The minimum atomic E-state index is 0.585. The van der Waals surface area contributed by atoms with Crippen LogP contribution in [0.3, 0.4) is 0 Å². The van der Waals surface area contributed by atoms with Gasteiger partial charge in [0, 0.05) is 12.0 Å². The maximum Gasteiger partial charge on any atom is 0.226 e. The van der Waals surface area contributed by atoms with Crippen molar-refractivity contribution >= 4 is 0 Å². The molecule has 0 bridgehead atoms. The van der Waals surface area contributed by atoms with Gasteiger partial charge in [0.25, 0.3) is 0 Å². The summed E-state index contributed by atoms with van der Waals surface area (Å²) >= 11 is 0. The summed E-state index contributed by atoms with van der Waals surface area (Å²) in [6, 6.07) is 6.20. The highest BCUT2D eigenvalue weighted by Crippen LogP contribution is 2.21. The first-order valence-electron chi connectivity index (χ1n) is 5.43. The second-order valence-corrected chi connectivity index (χ2v) is 3.97. The highest BCUT2D eigenvalue weighted by molar-refractivity contribution is 5.55. The number of nitrogens with zero attached hydrogens (tertiary/aromatic N) is 1. The number of hydrogen-bond donors (Lipinski definition) is 1. The molecule has 1 heterocycles. The Labute approximate surface area is 95.3 Å². The number of hydrogen-bond acceptors (Lipinski definition) is 3. The number of benzene rings is 1. The quantitative estimate of drug-likeness (QED) is 0.857. The first kappa shape index (κ1) is 10.9. The normalized spacial score (nSPS) is 10.7. The highest BCUT2D eigenvalue weighted by Gasteiger charge is 2.06. The van der Waals surface area contributed by atoms with Crippen LogP contribution >= 0.6 is 0 Å². The Kier molecular flexibility index (Phi) is 3.06. The number of nitrogens with two attached hydrogens (primary N) is 1. The van der Waals surface area contributed by atoms with Gasteiger partial charge in [-0.15, -0.1) is 0 Å². The molecule has 0 radical (unpaired) electrons. The van der Waals surface area contributed by atoms with Gasteiger partial charge in [-0.05, 0) is 43.7 Å². The molecule has 0 aliphatic rings. The average molecular weight is 216 g/mol. The van der Waals surface area contributed by atoms with E-state index < -0.39 is 0 Å². The summed E-state index contributed by atoms with van der Waals surface area (Å²) in [4.78, 5) is 4.25. The summed E-state index contributed by atoms with van der Waals surface area (Å²) in [5, 5.41) is 0. The molecule has 1 aromatic heterocycles. The third kappa shape index (κ3) is 2.14. The lowest BCUT2D eigenvalue weighted by Crippen LogP contribution is -2.01. The second-order valence-electron chi connectivity index (χ2n) is 3.97. The molecule has 0 atom stereocenters. The molecule has 0 spiro atoms. The lowest BCUT2D eigenvalue weighted by Gasteiger charge is -2.01. The van der Waals surface area contributed by atoms with Crippen molar-refractivity contribution in [3.63, 3.8) is 0 Å². The average Bonchev–Trinajstić information content (AvgIpc) is 2.71. The van der Waals surface area contributed by atoms with Crippen molar-refractivity contribution in [1.29, 1.82) is 0 Å². The van der Waals surface area contributed by atoms with Crippen molar-refractivity contribution in [1.82, 2.24) is 4.98 Å². The van der Waals surface area contributed by atoms with Crippen molar-refractivity contribution in [3.05, 3.63) is 41.3 Å². The Morgan fingerprint density at radius 1 is 1.25 bits per heavy atom. The molecule has 84 valence electrons. The zero-order chi connectivity index (χ0) is 11.5. The van der Waals surface area contributed by atoms with Gasteiger partial charge in [-0.2, -0.15) is 0 Å². The lowest BCUT2D eigenvalue weighted by molar-refractivity contribution is 0.519. The maximum absolute atomic E-state index is 5.61. The molecule has 0 saturated heterocycles. The summed E-state index contributed by atoms with van der Waals surface area (Å²) in [5.41, 5.74) is 9.01. The number of aromatic nitrogens is 1. The zero-order valence-electron chi connectivity index (χ0n) is 9.66. The second kappa shape index (κ2) is 4.49. The zero-order valence-corrected chi connectivity index (χ0v) is 9.66. The van der Waals surface area contributed by atoms with Gasteiger partial charge in [0.15, 0.2) is 0 Å². The van der Waals surface area contributed by atoms with Gasteiger partial charge >= 0.3 is 0 Å². The molecule has 3 nitrogen and oxygen atoms in total. The smallest absolute Gasteiger partial charge is 0.226 e. The minimum absolute atomic E-state index is 0.585. The Bertz CT molecular complexity index is 488. The summed E-state index contributed by atoms with van der Waals surface area (Å²) in [7, 11) is 0. The molecule has 2 N–H and O–H groups in total. The van der Waals surface area contributed by atoms with Crippen LogP contribution < -0.4 is 5.73 Å². The van der Waals surface area contributed by atoms with Crippen LogP contribution in [0.25, 0.3) is 11.5 Å². The van der Waals surface area contributed by atoms with E-state index in [0.29, 0.717) is 12.4 Å². The Hall–Kier alpha value is -1.61. The Balaban J connectivity index is 2.31. The largest absolute Gasteiger partial charge is 0.441 e. The van der Waals surface area contributed by atoms with Gasteiger partial charge in [0.2, 0.25) is 5.89 Å². The van der Waals surface area contributed by atoms with E-state index in [1.54, 1.807) is 6.20 Å². The summed E-state index contributed by atoms with van der Waals surface area (Å²) in [6.45, 7) is 4.76. The fourth-order valence-electron chi connectivity index (χ4n) is 1.57. The molecule has 0 saturated carbocycles. The van der Waals surface area contributed by atoms with E-state index in [1.807, 2.05) is 6.07 Å². The third-order valence-corrected chi connectivity index (χ3v) is 2.70. The first-order chi connectivity index (χ1) is 7.70. The van der Waals surface area contributed by atoms with Crippen molar-refractivity contribution in [2.75, 3.05) is 6.54 Å². The van der Waals surface area contributed by atoms with Gasteiger partial charge in [0.05, 0.1) is 6.20 Å². The number of rotatable bonds is 3. The van der Waals surface area contributed by atoms with Crippen LogP contribution in [0, 0.1) is 13.8 Å². The van der Waals surface area contributed by atoms with Crippen LogP contribution in [0.2, 0.25) is 0 Å². The molecule has 0 aliphatic carbocycles. The van der Waals surface area contributed by atoms with Crippen LogP contribution in [0.5, 0.6) is 0 Å². The van der Waals surface area contributed by atoms with Gasteiger partial charge in [-0.25, -0.2) is 4.98 Å². The molecule has 0 unspecified atom stereocenters. The predicted octanol–water partition coefficient (Wildman–Crippen LogP) is 2.46. The molecule has 2 rings (SSSR count). The SMILES string of the molecule is Cc1ccc(-c2ncc(CCN)o2)cc1C. The molecule has 1 aromatic carbocycles. The lowest BCUT2D eigenvalue weighted by atomic mass is 10.1. The van der Waals surface area contributed by atoms with E-state index in [0.717, 1.165) is 17.7 Å². The molecule has 3 heteroatoms. The first-order valence-corrected chi connectivity index (χ1v) is 5.43. The van der Waals surface area contributed by atoms with E-state index in [9.17, 15) is 0 Å². The van der Waals surface area contributed by atoms with Gasteiger partial charge in [-0.3, -0.25) is 0 Å². The van der Waals surface area contributed by atoms with E-state index >= 15 is 0 Å². The van der Waals surface area contributed by atoms with Crippen LogP contribution in [0.4, 0.5) is 0 Å².